The van der Waals surface area contributed by atoms with Gasteiger partial charge in [-0.25, -0.2) is 4.99 Å². The standard InChI is InChI=1S/C9H5NO2/c11-9-7-5(3-4-10-9)1-2-6-8(7)12-6/h2-4H,1H2. The Bertz CT molecular complexity index is 410. The Morgan fingerprint density at radius 3 is 3.33 bits per heavy atom. The molecule has 1 fully saturated rings. The molecule has 0 spiro atoms. The van der Waals surface area contributed by atoms with Gasteiger partial charge in [-0.15, -0.1) is 0 Å². The number of allylic oxidation sites excluding steroid dienone is 2. The number of dihydropyridines is 1. The van der Waals surface area contributed by atoms with E-state index < -0.39 is 0 Å². The minimum atomic E-state index is -0.175. The minimum absolute atomic E-state index is 0.175. The van der Waals surface area contributed by atoms with E-state index in [2.05, 4.69) is 4.99 Å². The van der Waals surface area contributed by atoms with Gasteiger partial charge in [-0.3, -0.25) is 4.79 Å². The molecule has 0 aromatic heterocycles. The van der Waals surface area contributed by atoms with Gasteiger partial charge in [0.05, 0.1) is 5.57 Å². The van der Waals surface area contributed by atoms with Gasteiger partial charge in [-0.2, -0.15) is 0 Å². The Morgan fingerprint density at radius 2 is 2.42 bits per heavy atom. The lowest BCUT2D eigenvalue weighted by Gasteiger charge is -2.08. The normalized spacial score (nSPS) is 23.8. The minimum Gasteiger partial charge on any atom is -0.449 e. The van der Waals surface area contributed by atoms with Crippen LogP contribution in [-0.4, -0.2) is 12.1 Å². The van der Waals surface area contributed by atoms with Crippen LogP contribution < -0.4 is 0 Å². The molecule has 0 atom stereocenters. The quantitative estimate of drug-likeness (QED) is 0.496. The van der Waals surface area contributed by atoms with Crippen LogP contribution in [0.25, 0.3) is 0 Å². The summed E-state index contributed by atoms with van der Waals surface area (Å²) in [6, 6.07) is 0. The predicted molar refractivity (Wildman–Crippen MR) is 42.4 cm³/mol. The number of rotatable bonds is 0. The molecule has 0 aromatic rings. The molecule has 58 valence electrons. The van der Waals surface area contributed by atoms with Crippen molar-refractivity contribution < 1.29 is 9.53 Å². The average molecular weight is 159 g/mol. The molecule has 1 amide bonds. The van der Waals surface area contributed by atoms with Crippen LogP contribution in [0.15, 0.2) is 39.8 Å². The number of amides is 1. The lowest BCUT2D eigenvalue weighted by atomic mass is 9.96. The number of carbonyl (C=O) groups is 1. The molecule has 0 aromatic carbocycles. The Balaban J connectivity index is 2.24. The van der Waals surface area contributed by atoms with Crippen LogP contribution in [-0.2, 0) is 9.53 Å². The molecule has 0 radical (unpaired) electrons. The first-order valence-corrected chi connectivity index (χ1v) is 3.77. The number of hydrogen-bond acceptors (Lipinski definition) is 2. The maximum atomic E-state index is 11.3. The number of carbonyl (C=O) groups excluding carboxylic acids is 1. The summed E-state index contributed by atoms with van der Waals surface area (Å²) < 4.78 is 5.12. The fraction of sp³-hybridized carbons (Fsp3) is 0.111. The van der Waals surface area contributed by atoms with E-state index in [1.165, 1.54) is 0 Å². The number of fused-ring (bicyclic) bond motifs is 2. The second-order valence-electron chi connectivity index (χ2n) is 2.85. The van der Waals surface area contributed by atoms with Gasteiger partial charge < -0.3 is 4.74 Å². The van der Waals surface area contributed by atoms with Crippen molar-refractivity contribution in [3.63, 3.8) is 0 Å². The summed E-state index contributed by atoms with van der Waals surface area (Å²) in [5.74, 6) is 1.41. The smallest absolute Gasteiger partial charge is 0.281 e. The van der Waals surface area contributed by atoms with Gasteiger partial charge in [0.1, 0.15) is 0 Å². The van der Waals surface area contributed by atoms with Crippen molar-refractivity contribution in [3.8, 4) is 0 Å². The second-order valence-corrected chi connectivity index (χ2v) is 2.85. The van der Waals surface area contributed by atoms with E-state index in [1.807, 2.05) is 12.2 Å². The van der Waals surface area contributed by atoms with Gasteiger partial charge in [0, 0.05) is 6.21 Å². The van der Waals surface area contributed by atoms with Crippen molar-refractivity contribution in [2.24, 2.45) is 4.99 Å². The van der Waals surface area contributed by atoms with Crippen LogP contribution in [0.5, 0.6) is 0 Å². The van der Waals surface area contributed by atoms with Crippen LogP contribution in [0.1, 0.15) is 6.42 Å². The summed E-state index contributed by atoms with van der Waals surface area (Å²) in [6.07, 6.45) is 6.17. The molecule has 1 saturated heterocycles. The van der Waals surface area contributed by atoms with E-state index in [4.69, 9.17) is 4.74 Å². The highest BCUT2D eigenvalue weighted by Gasteiger charge is 2.37. The summed E-state index contributed by atoms with van der Waals surface area (Å²) in [6.45, 7) is 0. The maximum absolute atomic E-state index is 11.3. The first-order chi connectivity index (χ1) is 5.86. The highest BCUT2D eigenvalue weighted by molar-refractivity contribution is 6.08. The van der Waals surface area contributed by atoms with Crippen LogP contribution in [0.3, 0.4) is 0 Å². The summed E-state index contributed by atoms with van der Waals surface area (Å²) in [5, 5.41) is 0. The zero-order chi connectivity index (χ0) is 8.13. The molecule has 3 heteroatoms. The molecule has 3 aliphatic rings. The number of epoxide rings is 1. The van der Waals surface area contributed by atoms with Crippen molar-refractivity contribution in [1.29, 1.82) is 0 Å². The summed E-state index contributed by atoms with van der Waals surface area (Å²) in [7, 11) is 0. The third-order valence-corrected chi connectivity index (χ3v) is 2.13. The molecule has 2 aliphatic heterocycles. The van der Waals surface area contributed by atoms with Crippen LogP contribution in [0.4, 0.5) is 0 Å². The van der Waals surface area contributed by atoms with Gasteiger partial charge in [0.25, 0.3) is 5.91 Å². The fourth-order valence-electron chi connectivity index (χ4n) is 1.49. The van der Waals surface area contributed by atoms with Gasteiger partial charge in [0.15, 0.2) is 11.5 Å². The highest BCUT2D eigenvalue weighted by atomic mass is 16.6. The Kier molecular flexibility index (Phi) is 0.864. The van der Waals surface area contributed by atoms with Gasteiger partial charge >= 0.3 is 0 Å². The average Bonchev–Trinajstić information content (AvgIpc) is 2.82. The summed E-state index contributed by atoms with van der Waals surface area (Å²) >= 11 is 0. The highest BCUT2D eigenvalue weighted by Crippen LogP contribution is 2.43. The molecule has 1 aliphatic carbocycles. The number of hydrogen-bond donors (Lipinski definition) is 0. The summed E-state index contributed by atoms with van der Waals surface area (Å²) in [4.78, 5) is 14.9. The molecule has 12 heavy (non-hydrogen) atoms. The molecule has 3 rings (SSSR count). The van der Waals surface area contributed by atoms with E-state index in [1.54, 1.807) is 6.21 Å². The molecule has 2 heterocycles. The number of ether oxygens (including phenoxy) is 1. The third-order valence-electron chi connectivity index (χ3n) is 2.13. The molecular formula is C9H5NO2. The third kappa shape index (κ3) is 0.605. The summed E-state index contributed by atoms with van der Waals surface area (Å²) in [5.41, 5.74) is 1.68. The van der Waals surface area contributed by atoms with Crippen LogP contribution in [0, 0.1) is 0 Å². The van der Waals surface area contributed by atoms with Crippen molar-refractivity contribution in [2.75, 3.05) is 0 Å². The lowest BCUT2D eigenvalue weighted by molar-refractivity contribution is -0.114. The Labute approximate surface area is 68.7 Å². The fourth-order valence-corrected chi connectivity index (χ4v) is 1.49. The molecule has 0 N–H and O–H groups in total. The van der Waals surface area contributed by atoms with Crippen molar-refractivity contribution in [2.45, 2.75) is 6.42 Å². The largest absolute Gasteiger partial charge is 0.449 e. The molecule has 0 unspecified atom stereocenters. The van der Waals surface area contributed by atoms with Crippen molar-refractivity contribution in [3.05, 3.63) is 34.8 Å². The number of nitrogens with zero attached hydrogens (tertiary/aromatic N) is 1. The maximum Gasteiger partial charge on any atom is 0.281 e. The first-order valence-electron chi connectivity index (χ1n) is 3.77. The predicted octanol–water partition coefficient (Wildman–Crippen LogP) is 1.10. The zero-order valence-corrected chi connectivity index (χ0v) is 6.20. The topological polar surface area (TPSA) is 42.0 Å². The van der Waals surface area contributed by atoms with Crippen LogP contribution in [0.2, 0.25) is 0 Å². The van der Waals surface area contributed by atoms with Gasteiger partial charge in [-0.1, -0.05) is 0 Å². The number of aliphatic imine (C=N–C) groups is 1. The molecule has 3 nitrogen and oxygen atoms in total. The second kappa shape index (κ2) is 1.75. The van der Waals surface area contributed by atoms with Crippen molar-refractivity contribution >= 4 is 12.1 Å². The molecular weight excluding hydrogens is 154 g/mol. The van der Waals surface area contributed by atoms with E-state index in [9.17, 15) is 4.79 Å². The zero-order valence-electron chi connectivity index (χ0n) is 6.20. The monoisotopic (exact) mass is 159 g/mol. The van der Waals surface area contributed by atoms with E-state index in [0.717, 1.165) is 23.5 Å². The van der Waals surface area contributed by atoms with E-state index in [-0.39, 0.29) is 5.91 Å². The Hall–Kier alpha value is -1.64. The first kappa shape index (κ1) is 5.94. The van der Waals surface area contributed by atoms with Gasteiger partial charge in [-0.05, 0) is 24.1 Å². The van der Waals surface area contributed by atoms with Crippen LogP contribution >= 0.6 is 0 Å². The van der Waals surface area contributed by atoms with Gasteiger partial charge in [0.2, 0.25) is 0 Å². The lowest BCUT2D eigenvalue weighted by Crippen LogP contribution is -2.08. The SMILES string of the molecule is O=C1N=CC=C2CC=C3OC3=C12. The Morgan fingerprint density at radius 1 is 1.50 bits per heavy atom. The molecule has 0 saturated carbocycles. The van der Waals surface area contributed by atoms with E-state index in [0.29, 0.717) is 5.57 Å². The van der Waals surface area contributed by atoms with Crippen molar-refractivity contribution in [1.82, 2.24) is 0 Å². The molecule has 0 bridgehead atoms. The van der Waals surface area contributed by atoms with E-state index >= 15 is 0 Å².